The fourth-order valence-electron chi connectivity index (χ4n) is 0.546. The predicted octanol–water partition coefficient (Wildman–Crippen LogP) is 0.220. The molecule has 0 aliphatic carbocycles. The maximum absolute atomic E-state index is 5.00. The molecule has 6 nitrogen and oxygen atoms in total. The molecule has 0 rings (SSSR count). The summed E-state index contributed by atoms with van der Waals surface area (Å²) in [6.45, 7) is 1.80. The third kappa shape index (κ3) is 7.58. The average molecular weight is 274 g/mol. The van der Waals surface area contributed by atoms with E-state index in [4.69, 9.17) is 24.4 Å². The van der Waals surface area contributed by atoms with Crippen LogP contribution in [0.15, 0.2) is 10.2 Å². The molecule has 0 spiro atoms. The number of hydrogen-bond acceptors (Lipinski definition) is 4. The number of rotatable bonds is 3. The molecule has 0 heterocycles. The Morgan fingerprint density at radius 3 is 1.94 bits per heavy atom. The van der Waals surface area contributed by atoms with E-state index in [-0.39, 0.29) is 0 Å². The molecule has 8 heteroatoms. The van der Waals surface area contributed by atoms with E-state index in [1.165, 1.54) is 0 Å². The molecule has 0 aliphatic heterocycles. The maximum atomic E-state index is 5.00. The summed E-state index contributed by atoms with van der Waals surface area (Å²) < 4.78 is 0. The monoisotopic (exact) mass is 274 g/mol. The molecular formula is C9H18N6S2. The Hall–Kier alpha value is -1.28. The minimum Gasteiger partial charge on any atom is -0.354 e. The fraction of sp³-hybridized carbons (Fsp3) is 0.556. The van der Waals surface area contributed by atoms with Crippen molar-refractivity contribution in [1.29, 1.82) is 0 Å². The Morgan fingerprint density at radius 2 is 1.47 bits per heavy atom. The van der Waals surface area contributed by atoms with Gasteiger partial charge in [-0.1, -0.05) is 0 Å². The van der Waals surface area contributed by atoms with Crippen LogP contribution in [0.3, 0.4) is 0 Å². The minimum atomic E-state index is 0.533. The lowest BCUT2D eigenvalue weighted by Crippen LogP contribution is -2.32. The van der Waals surface area contributed by atoms with Crippen LogP contribution in [-0.4, -0.2) is 60.1 Å². The summed E-state index contributed by atoms with van der Waals surface area (Å²) in [5.74, 6) is 0. The van der Waals surface area contributed by atoms with Crippen molar-refractivity contribution in [2.45, 2.75) is 6.92 Å². The third-order valence-corrected chi connectivity index (χ3v) is 2.46. The molecule has 0 aromatic carbocycles. The van der Waals surface area contributed by atoms with Crippen molar-refractivity contribution in [1.82, 2.24) is 20.7 Å². The second kappa shape index (κ2) is 7.91. The van der Waals surface area contributed by atoms with Crippen LogP contribution >= 0.6 is 24.4 Å². The van der Waals surface area contributed by atoms with E-state index < -0.39 is 0 Å². The number of hydrazone groups is 2. The summed E-state index contributed by atoms with van der Waals surface area (Å²) in [6, 6.07) is 0. The first-order valence-corrected chi connectivity index (χ1v) is 5.68. The second-order valence-electron chi connectivity index (χ2n) is 3.63. The van der Waals surface area contributed by atoms with E-state index in [9.17, 15) is 0 Å². The molecule has 0 fully saturated rings. The van der Waals surface area contributed by atoms with Crippen LogP contribution in [0.25, 0.3) is 0 Å². The summed E-state index contributed by atoms with van der Waals surface area (Å²) in [6.07, 6.45) is 1.56. The standard InChI is InChI=1S/C9H18N6S2/c1-7(11-13-9(17)15(4)5)6-10-12-8(16)14(2)3/h6H,1-5H3,(H,12,16)(H,13,17)/b10-6+,11-7+. The van der Waals surface area contributed by atoms with Crippen LogP contribution in [0.1, 0.15) is 6.92 Å². The van der Waals surface area contributed by atoms with Crippen molar-refractivity contribution in [3.63, 3.8) is 0 Å². The normalized spacial score (nSPS) is 11.2. The summed E-state index contributed by atoms with van der Waals surface area (Å²) in [4.78, 5) is 3.50. The van der Waals surface area contributed by atoms with Crippen LogP contribution < -0.4 is 10.9 Å². The van der Waals surface area contributed by atoms with E-state index in [2.05, 4.69) is 21.1 Å². The topological polar surface area (TPSA) is 55.3 Å². The Balaban J connectivity index is 4.12. The smallest absolute Gasteiger partial charge is 0.189 e. The number of nitrogens with zero attached hydrogens (tertiary/aromatic N) is 4. The Bertz CT molecular complexity index is 334. The Morgan fingerprint density at radius 1 is 1.00 bits per heavy atom. The van der Waals surface area contributed by atoms with Gasteiger partial charge in [0.1, 0.15) is 0 Å². The molecular weight excluding hydrogens is 256 g/mol. The molecule has 0 bridgehead atoms. The van der Waals surface area contributed by atoms with Gasteiger partial charge in [0.15, 0.2) is 10.2 Å². The van der Waals surface area contributed by atoms with Crippen LogP contribution in [0.2, 0.25) is 0 Å². The molecule has 96 valence electrons. The van der Waals surface area contributed by atoms with Crippen LogP contribution in [-0.2, 0) is 0 Å². The third-order valence-electron chi connectivity index (χ3n) is 1.55. The quantitative estimate of drug-likeness (QED) is 0.436. The zero-order valence-corrected chi connectivity index (χ0v) is 12.3. The van der Waals surface area contributed by atoms with Gasteiger partial charge in [-0.2, -0.15) is 10.2 Å². The molecule has 0 amide bonds. The van der Waals surface area contributed by atoms with Crippen molar-refractivity contribution in [2.75, 3.05) is 28.2 Å². The first kappa shape index (κ1) is 15.7. The molecule has 0 saturated heterocycles. The molecule has 17 heavy (non-hydrogen) atoms. The maximum Gasteiger partial charge on any atom is 0.189 e. The molecule has 0 aromatic heterocycles. The SMILES string of the molecule is CC(/C=N/NC(=S)N(C)C)=N\NC(=S)N(C)C. The van der Waals surface area contributed by atoms with Gasteiger partial charge in [0.25, 0.3) is 0 Å². The van der Waals surface area contributed by atoms with Crippen molar-refractivity contribution < 1.29 is 0 Å². The molecule has 0 saturated carbocycles. The molecule has 0 radical (unpaired) electrons. The van der Waals surface area contributed by atoms with Gasteiger partial charge in [-0.15, -0.1) is 0 Å². The highest BCUT2D eigenvalue weighted by Crippen LogP contribution is 1.80. The van der Waals surface area contributed by atoms with Crippen LogP contribution in [0, 0.1) is 0 Å². The largest absolute Gasteiger partial charge is 0.354 e. The van der Waals surface area contributed by atoms with E-state index in [0.717, 1.165) is 0 Å². The number of thiocarbonyl (C=S) groups is 2. The lowest BCUT2D eigenvalue weighted by Gasteiger charge is -2.12. The van der Waals surface area contributed by atoms with Gasteiger partial charge in [0.2, 0.25) is 0 Å². The van der Waals surface area contributed by atoms with Gasteiger partial charge >= 0.3 is 0 Å². The molecule has 2 N–H and O–H groups in total. The van der Waals surface area contributed by atoms with Crippen molar-refractivity contribution in [3.05, 3.63) is 0 Å². The van der Waals surface area contributed by atoms with Crippen molar-refractivity contribution in [3.8, 4) is 0 Å². The van der Waals surface area contributed by atoms with E-state index in [1.807, 2.05) is 28.2 Å². The van der Waals surface area contributed by atoms with Gasteiger partial charge < -0.3 is 9.80 Å². The van der Waals surface area contributed by atoms with E-state index in [0.29, 0.717) is 15.9 Å². The highest BCUT2D eigenvalue weighted by atomic mass is 32.1. The highest BCUT2D eigenvalue weighted by Gasteiger charge is 1.96. The van der Waals surface area contributed by atoms with Crippen LogP contribution in [0.4, 0.5) is 0 Å². The molecule has 0 unspecified atom stereocenters. The summed E-state index contributed by atoms with van der Waals surface area (Å²) in [5.41, 5.74) is 6.11. The minimum absolute atomic E-state index is 0.533. The molecule has 0 atom stereocenters. The lowest BCUT2D eigenvalue weighted by molar-refractivity contribution is 0.605. The first-order chi connectivity index (χ1) is 7.84. The summed E-state index contributed by atoms with van der Waals surface area (Å²) >= 11 is 9.99. The van der Waals surface area contributed by atoms with Gasteiger partial charge in [0.05, 0.1) is 11.9 Å². The Kier molecular flexibility index (Phi) is 7.31. The predicted molar refractivity (Wildman–Crippen MR) is 80.4 cm³/mol. The number of nitrogens with one attached hydrogen (secondary N) is 2. The van der Waals surface area contributed by atoms with E-state index in [1.54, 1.807) is 22.9 Å². The average Bonchev–Trinajstić information content (AvgIpc) is 2.25. The fourth-order valence-corrected chi connectivity index (χ4v) is 0.644. The Labute approximate surface area is 113 Å². The van der Waals surface area contributed by atoms with Gasteiger partial charge in [-0.05, 0) is 31.4 Å². The lowest BCUT2D eigenvalue weighted by atomic mass is 10.5. The summed E-state index contributed by atoms with van der Waals surface area (Å²) in [7, 11) is 7.35. The van der Waals surface area contributed by atoms with Gasteiger partial charge in [-0.3, -0.25) is 10.9 Å². The summed E-state index contributed by atoms with van der Waals surface area (Å²) in [5, 5.41) is 9.02. The highest BCUT2D eigenvalue weighted by molar-refractivity contribution is 7.80. The van der Waals surface area contributed by atoms with Gasteiger partial charge in [-0.25, -0.2) is 0 Å². The zero-order valence-electron chi connectivity index (χ0n) is 10.7. The molecule has 0 aromatic rings. The van der Waals surface area contributed by atoms with Crippen molar-refractivity contribution >= 4 is 46.6 Å². The van der Waals surface area contributed by atoms with Crippen LogP contribution in [0.5, 0.6) is 0 Å². The zero-order chi connectivity index (χ0) is 13.4. The second-order valence-corrected chi connectivity index (χ2v) is 4.41. The number of hydrogen-bond donors (Lipinski definition) is 2. The first-order valence-electron chi connectivity index (χ1n) is 4.86. The van der Waals surface area contributed by atoms with Crippen molar-refractivity contribution in [2.24, 2.45) is 10.2 Å². The van der Waals surface area contributed by atoms with E-state index >= 15 is 0 Å². The molecule has 0 aliphatic rings. The van der Waals surface area contributed by atoms with Gasteiger partial charge in [0, 0.05) is 28.2 Å².